The van der Waals surface area contributed by atoms with Gasteiger partial charge in [0.05, 0.1) is 5.92 Å². The zero-order valence-corrected chi connectivity index (χ0v) is 22.0. The number of aliphatic carboxylic acids is 1. The number of hydrogen-bond acceptors (Lipinski definition) is 3. The van der Waals surface area contributed by atoms with Gasteiger partial charge >= 0.3 is 5.97 Å². The van der Waals surface area contributed by atoms with E-state index in [1.165, 1.54) is 0 Å². The summed E-state index contributed by atoms with van der Waals surface area (Å²) in [7, 11) is 0. The summed E-state index contributed by atoms with van der Waals surface area (Å²) in [5.41, 5.74) is 7.06. The van der Waals surface area contributed by atoms with Gasteiger partial charge in [-0.25, -0.2) is 0 Å². The van der Waals surface area contributed by atoms with E-state index in [1.54, 1.807) is 0 Å². The lowest BCUT2D eigenvalue weighted by molar-refractivity contribution is -0.137. The molecule has 6 aromatic rings. The highest BCUT2D eigenvalue weighted by Crippen LogP contribution is 2.55. The number of nitrogens with zero attached hydrogens (tertiary/aromatic N) is 1. The first kappa shape index (κ1) is 23.6. The minimum absolute atomic E-state index is 0.163. The number of rotatable bonds is 4. The summed E-state index contributed by atoms with van der Waals surface area (Å²) < 4.78 is 14.8. The van der Waals surface area contributed by atoms with E-state index >= 15 is 0 Å². The third-order valence-electron chi connectivity index (χ3n) is 8.27. The van der Waals surface area contributed by atoms with E-state index in [0.29, 0.717) is 0 Å². The van der Waals surface area contributed by atoms with Crippen molar-refractivity contribution in [2.24, 2.45) is 0 Å². The first-order valence-electron chi connectivity index (χ1n) is 13.7. The Morgan fingerprint density at radius 3 is 1.49 bits per heavy atom. The number of fused-ring (bicyclic) bond motifs is 5. The predicted octanol–water partition coefficient (Wildman–Crippen LogP) is 8.30. The zero-order valence-electron chi connectivity index (χ0n) is 22.0. The van der Waals surface area contributed by atoms with Crippen LogP contribution in [0.2, 0.25) is 0 Å². The topological polar surface area (TPSA) is 60.7 Å². The molecule has 2 aliphatic rings. The van der Waals surface area contributed by atoms with Crippen LogP contribution in [0.15, 0.2) is 121 Å². The average molecular weight is 536 g/mol. The van der Waals surface area contributed by atoms with Crippen molar-refractivity contribution in [3.05, 3.63) is 155 Å². The maximum atomic E-state index is 12.5. The summed E-state index contributed by atoms with van der Waals surface area (Å²) in [5, 5.41) is 11.2. The van der Waals surface area contributed by atoms with E-state index in [1.807, 2.05) is 95.6 Å². The van der Waals surface area contributed by atoms with E-state index in [4.69, 9.17) is 9.47 Å². The normalized spacial score (nSPS) is 13.9. The summed E-state index contributed by atoms with van der Waals surface area (Å²) in [6, 6.07) is 40.6. The summed E-state index contributed by atoms with van der Waals surface area (Å²) in [6.45, 7) is -0.163. The van der Waals surface area contributed by atoms with Crippen molar-refractivity contribution in [3.8, 4) is 23.0 Å². The van der Waals surface area contributed by atoms with Crippen LogP contribution in [0.25, 0.3) is 10.9 Å². The number of para-hydroxylation sites is 5. The molecule has 5 heteroatoms. The van der Waals surface area contributed by atoms with Crippen molar-refractivity contribution < 1.29 is 19.4 Å². The van der Waals surface area contributed by atoms with Crippen LogP contribution in [0.4, 0.5) is 0 Å². The Bertz CT molecular complexity index is 1900. The van der Waals surface area contributed by atoms with Crippen molar-refractivity contribution in [1.82, 2.24) is 4.57 Å². The van der Waals surface area contributed by atoms with Crippen LogP contribution in [0, 0.1) is 0 Å². The third kappa shape index (κ3) is 3.59. The predicted molar refractivity (Wildman–Crippen MR) is 157 cm³/mol. The van der Waals surface area contributed by atoms with Gasteiger partial charge in [-0.1, -0.05) is 91.0 Å². The largest absolute Gasteiger partial charge is 0.480 e. The SMILES string of the molecule is O=C(O)Cn1c(C2c3ccccc3Oc3ccccc32)c(C2c3ccccc3Oc3ccccc32)c2ccccc21. The molecule has 0 saturated heterocycles. The Kier molecular flexibility index (Phi) is 5.25. The molecule has 0 fully saturated rings. The fourth-order valence-electron chi connectivity index (χ4n) is 6.70. The van der Waals surface area contributed by atoms with Gasteiger partial charge in [0.25, 0.3) is 0 Å². The molecule has 0 aliphatic carbocycles. The lowest BCUT2D eigenvalue weighted by atomic mass is 9.76. The first-order chi connectivity index (χ1) is 20.2. The standard InChI is InChI=1S/C36H25NO4/c38-32(39)21-37-27-16-6-1-11-22(27)35(33-23-12-2-7-17-28(23)40-29-18-8-3-13-24(29)33)36(37)34-25-14-4-9-19-30(25)41-31-20-10-5-15-26(31)34/h1-20,33-34H,21H2,(H,38,39). The number of carboxylic acid groups (broad SMARTS) is 1. The highest BCUT2D eigenvalue weighted by Gasteiger charge is 2.39. The molecule has 0 amide bonds. The third-order valence-corrected chi connectivity index (χ3v) is 8.27. The van der Waals surface area contributed by atoms with E-state index < -0.39 is 5.97 Å². The highest BCUT2D eigenvalue weighted by molar-refractivity contribution is 5.90. The second kappa shape index (κ2) is 9.14. The monoisotopic (exact) mass is 535 g/mol. The number of carbonyl (C=O) groups is 1. The van der Waals surface area contributed by atoms with E-state index in [-0.39, 0.29) is 18.4 Å². The number of carboxylic acids is 1. The van der Waals surface area contributed by atoms with Crippen LogP contribution < -0.4 is 9.47 Å². The number of benzene rings is 5. The Balaban J connectivity index is 1.53. The average Bonchev–Trinajstić information content (AvgIpc) is 3.31. The quantitative estimate of drug-likeness (QED) is 0.246. The van der Waals surface area contributed by atoms with E-state index in [9.17, 15) is 9.90 Å². The lowest BCUT2D eigenvalue weighted by Gasteiger charge is -2.33. The fraction of sp³-hybridized carbons (Fsp3) is 0.0833. The van der Waals surface area contributed by atoms with Gasteiger partial charge < -0.3 is 19.1 Å². The number of aromatic nitrogens is 1. The van der Waals surface area contributed by atoms with Gasteiger partial charge in [-0.3, -0.25) is 4.79 Å². The first-order valence-corrected chi connectivity index (χ1v) is 13.7. The molecule has 2 aliphatic heterocycles. The molecule has 41 heavy (non-hydrogen) atoms. The fourth-order valence-corrected chi connectivity index (χ4v) is 6.70. The van der Waals surface area contributed by atoms with Crippen molar-refractivity contribution in [3.63, 3.8) is 0 Å². The minimum atomic E-state index is -0.889. The molecular formula is C36H25NO4. The molecule has 3 heterocycles. The molecular weight excluding hydrogens is 510 g/mol. The molecule has 5 aromatic carbocycles. The van der Waals surface area contributed by atoms with Crippen LogP contribution in [0.5, 0.6) is 23.0 Å². The number of hydrogen-bond donors (Lipinski definition) is 1. The summed E-state index contributed by atoms with van der Waals surface area (Å²) in [4.78, 5) is 12.5. The minimum Gasteiger partial charge on any atom is -0.480 e. The Morgan fingerprint density at radius 2 is 1.00 bits per heavy atom. The lowest BCUT2D eigenvalue weighted by Crippen LogP contribution is -2.21. The van der Waals surface area contributed by atoms with Gasteiger partial charge in [0.2, 0.25) is 0 Å². The van der Waals surface area contributed by atoms with Crippen molar-refractivity contribution >= 4 is 16.9 Å². The van der Waals surface area contributed by atoms with Crippen LogP contribution >= 0.6 is 0 Å². The Hall–Kier alpha value is -5.29. The van der Waals surface area contributed by atoms with Gasteiger partial charge in [0, 0.05) is 44.8 Å². The van der Waals surface area contributed by atoms with Crippen LogP contribution in [0.1, 0.15) is 45.3 Å². The van der Waals surface area contributed by atoms with Gasteiger partial charge in [-0.05, 0) is 35.9 Å². The molecule has 0 unspecified atom stereocenters. The molecule has 0 radical (unpaired) electrons. The summed E-state index contributed by atoms with van der Waals surface area (Å²) >= 11 is 0. The van der Waals surface area contributed by atoms with Crippen molar-refractivity contribution in [1.29, 1.82) is 0 Å². The van der Waals surface area contributed by atoms with Crippen molar-refractivity contribution in [2.45, 2.75) is 18.4 Å². The molecule has 8 rings (SSSR count). The summed E-state index contributed by atoms with van der Waals surface area (Å²) in [6.07, 6.45) is 0. The maximum absolute atomic E-state index is 12.5. The van der Waals surface area contributed by atoms with E-state index in [0.717, 1.165) is 67.4 Å². The number of ether oxygens (including phenoxy) is 2. The Morgan fingerprint density at radius 1 is 0.585 bits per heavy atom. The smallest absolute Gasteiger partial charge is 0.323 e. The molecule has 5 nitrogen and oxygen atoms in total. The van der Waals surface area contributed by atoms with Crippen LogP contribution in [-0.2, 0) is 11.3 Å². The molecule has 0 saturated carbocycles. The molecule has 198 valence electrons. The second-order valence-corrected chi connectivity index (χ2v) is 10.5. The van der Waals surface area contributed by atoms with Crippen molar-refractivity contribution in [2.75, 3.05) is 0 Å². The van der Waals surface area contributed by atoms with Gasteiger partial charge in [-0.2, -0.15) is 0 Å². The molecule has 0 bridgehead atoms. The molecule has 0 spiro atoms. The molecule has 0 atom stereocenters. The van der Waals surface area contributed by atoms with E-state index in [2.05, 4.69) is 30.3 Å². The van der Waals surface area contributed by atoms with Gasteiger partial charge in [0.15, 0.2) is 0 Å². The van der Waals surface area contributed by atoms with Crippen LogP contribution in [-0.4, -0.2) is 15.6 Å². The maximum Gasteiger partial charge on any atom is 0.323 e. The Labute approximate surface area is 236 Å². The molecule has 1 aromatic heterocycles. The van der Waals surface area contributed by atoms with Gasteiger partial charge in [-0.15, -0.1) is 0 Å². The highest BCUT2D eigenvalue weighted by atomic mass is 16.5. The summed E-state index contributed by atoms with van der Waals surface area (Å²) in [5.74, 6) is 1.87. The van der Waals surface area contributed by atoms with Crippen LogP contribution in [0.3, 0.4) is 0 Å². The molecule has 1 N–H and O–H groups in total. The van der Waals surface area contributed by atoms with Gasteiger partial charge in [0.1, 0.15) is 29.5 Å². The second-order valence-electron chi connectivity index (χ2n) is 10.5. The zero-order chi connectivity index (χ0) is 27.5.